The molecule has 0 bridgehead atoms. The zero-order valence-electron chi connectivity index (χ0n) is 7.38. The van der Waals surface area contributed by atoms with Gasteiger partial charge in [0.15, 0.2) is 5.78 Å². The topological polar surface area (TPSA) is 58.9 Å². The Morgan fingerprint density at radius 3 is 2.93 bits per heavy atom. The lowest BCUT2D eigenvalue weighted by Crippen LogP contribution is -2.13. The molecule has 72 valence electrons. The first-order chi connectivity index (χ1) is 6.72. The normalized spacial score (nSPS) is 10.7. The van der Waals surface area contributed by atoms with Gasteiger partial charge in [-0.3, -0.25) is 4.79 Å². The van der Waals surface area contributed by atoms with Crippen molar-refractivity contribution in [1.29, 1.82) is 0 Å². The van der Waals surface area contributed by atoms with Gasteiger partial charge in [-0.2, -0.15) is 0 Å². The van der Waals surface area contributed by atoms with Gasteiger partial charge >= 0.3 is 0 Å². The van der Waals surface area contributed by atoms with Crippen LogP contribution in [-0.2, 0) is 0 Å². The van der Waals surface area contributed by atoms with Gasteiger partial charge in [-0.05, 0) is 18.2 Å². The van der Waals surface area contributed by atoms with Crippen molar-refractivity contribution in [3.05, 3.63) is 34.4 Å². The molecule has 0 radical (unpaired) electrons. The summed E-state index contributed by atoms with van der Waals surface area (Å²) in [6, 6.07) is 7.59. The summed E-state index contributed by atoms with van der Waals surface area (Å²) in [6.45, 7) is 0.0322. The Morgan fingerprint density at radius 1 is 1.50 bits per heavy atom. The van der Waals surface area contributed by atoms with Gasteiger partial charge in [0, 0.05) is 15.4 Å². The number of fused-ring (bicyclic) bond motifs is 1. The summed E-state index contributed by atoms with van der Waals surface area (Å²) in [6.07, 6.45) is 0. The number of Topliss-reactive ketones (excluding diaryl/α,β-unsaturated/α-hetero) is 1. The first-order valence-corrected chi connectivity index (χ1v) is 5.02. The molecule has 2 rings (SSSR count). The van der Waals surface area contributed by atoms with Crippen LogP contribution >= 0.6 is 15.9 Å². The van der Waals surface area contributed by atoms with E-state index in [2.05, 4.69) is 20.9 Å². The monoisotopic (exact) mass is 252 g/mol. The van der Waals surface area contributed by atoms with Gasteiger partial charge in [0.05, 0.1) is 12.2 Å². The van der Waals surface area contributed by atoms with E-state index in [1.54, 1.807) is 0 Å². The van der Waals surface area contributed by atoms with E-state index in [4.69, 9.17) is 5.73 Å². The molecule has 0 aliphatic heterocycles. The van der Waals surface area contributed by atoms with Crippen LogP contribution < -0.4 is 5.73 Å². The fourth-order valence-electron chi connectivity index (χ4n) is 1.38. The first kappa shape index (κ1) is 9.43. The maximum Gasteiger partial charge on any atom is 0.192 e. The second-order valence-corrected chi connectivity index (χ2v) is 3.87. The van der Waals surface area contributed by atoms with Crippen LogP contribution in [0, 0.1) is 0 Å². The number of carbonyl (C=O) groups excluding carboxylic acids is 1. The number of nitrogens with one attached hydrogen (secondary N) is 1. The fourth-order valence-corrected chi connectivity index (χ4v) is 1.86. The summed E-state index contributed by atoms with van der Waals surface area (Å²) >= 11 is 3.42. The number of carbonyl (C=O) groups is 1. The van der Waals surface area contributed by atoms with Crippen molar-refractivity contribution < 1.29 is 4.79 Å². The fraction of sp³-hybridized carbons (Fsp3) is 0.100. The first-order valence-electron chi connectivity index (χ1n) is 4.23. The zero-order valence-corrected chi connectivity index (χ0v) is 8.97. The third kappa shape index (κ3) is 1.47. The number of hydrogen-bond donors (Lipinski definition) is 2. The predicted octanol–water partition coefficient (Wildman–Crippen LogP) is 2.07. The van der Waals surface area contributed by atoms with Crippen LogP contribution in [0.2, 0.25) is 0 Å². The van der Waals surface area contributed by atoms with Gasteiger partial charge in [0.1, 0.15) is 0 Å². The highest BCUT2D eigenvalue weighted by molar-refractivity contribution is 9.10. The molecule has 0 saturated heterocycles. The van der Waals surface area contributed by atoms with Crippen LogP contribution in [0.25, 0.3) is 10.9 Å². The Bertz CT molecular complexity index is 490. The van der Waals surface area contributed by atoms with Crippen molar-refractivity contribution in [2.75, 3.05) is 6.54 Å². The predicted molar refractivity (Wildman–Crippen MR) is 59.4 cm³/mol. The summed E-state index contributed by atoms with van der Waals surface area (Å²) in [5.41, 5.74) is 6.79. The maximum absolute atomic E-state index is 11.3. The average Bonchev–Trinajstić information content (AvgIpc) is 2.62. The Hall–Kier alpha value is -1.13. The molecule has 1 aromatic heterocycles. The quantitative estimate of drug-likeness (QED) is 0.805. The highest BCUT2D eigenvalue weighted by atomic mass is 79.9. The summed E-state index contributed by atoms with van der Waals surface area (Å²) in [4.78, 5) is 14.4. The summed E-state index contributed by atoms with van der Waals surface area (Å²) in [5, 5.41) is 1.00. The number of H-pyrrole nitrogens is 1. The largest absolute Gasteiger partial charge is 0.352 e. The van der Waals surface area contributed by atoms with Crippen LogP contribution in [0.15, 0.2) is 28.7 Å². The maximum atomic E-state index is 11.3. The van der Waals surface area contributed by atoms with Gasteiger partial charge in [-0.15, -0.1) is 0 Å². The smallest absolute Gasteiger partial charge is 0.192 e. The lowest BCUT2D eigenvalue weighted by molar-refractivity contribution is 0.0997. The molecule has 0 atom stereocenters. The van der Waals surface area contributed by atoms with E-state index in [-0.39, 0.29) is 12.3 Å². The van der Waals surface area contributed by atoms with Crippen LogP contribution in [-0.4, -0.2) is 17.3 Å². The van der Waals surface area contributed by atoms with E-state index in [0.29, 0.717) is 5.69 Å². The van der Waals surface area contributed by atoms with Crippen molar-refractivity contribution in [1.82, 2.24) is 4.98 Å². The molecule has 1 heterocycles. The minimum Gasteiger partial charge on any atom is -0.352 e. The molecule has 0 spiro atoms. The SMILES string of the molecule is NCC(=O)c1cc2c(Br)cccc2[nH]1. The third-order valence-electron chi connectivity index (χ3n) is 2.10. The van der Waals surface area contributed by atoms with Gasteiger partial charge in [-0.1, -0.05) is 22.0 Å². The Labute approximate surface area is 89.4 Å². The minimum atomic E-state index is -0.0758. The van der Waals surface area contributed by atoms with Crippen molar-refractivity contribution in [2.45, 2.75) is 0 Å². The highest BCUT2D eigenvalue weighted by Crippen LogP contribution is 2.24. The molecule has 0 amide bonds. The van der Waals surface area contributed by atoms with Crippen LogP contribution in [0.3, 0.4) is 0 Å². The molecule has 1 aromatic carbocycles. The number of benzene rings is 1. The lowest BCUT2D eigenvalue weighted by atomic mass is 10.2. The number of hydrogen-bond acceptors (Lipinski definition) is 2. The molecule has 3 nitrogen and oxygen atoms in total. The van der Waals surface area contributed by atoms with E-state index in [1.165, 1.54) is 0 Å². The summed E-state index contributed by atoms with van der Waals surface area (Å²) < 4.78 is 0.974. The van der Waals surface area contributed by atoms with E-state index < -0.39 is 0 Å². The molecule has 3 N–H and O–H groups in total. The molecule has 0 aliphatic carbocycles. The van der Waals surface area contributed by atoms with Crippen molar-refractivity contribution in [3.63, 3.8) is 0 Å². The summed E-state index contributed by atoms with van der Waals surface area (Å²) in [7, 11) is 0. The van der Waals surface area contributed by atoms with Gasteiger partial charge in [-0.25, -0.2) is 0 Å². The molecule has 0 fully saturated rings. The summed E-state index contributed by atoms with van der Waals surface area (Å²) in [5.74, 6) is -0.0758. The van der Waals surface area contributed by atoms with Crippen molar-refractivity contribution in [3.8, 4) is 0 Å². The molecule has 2 aromatic rings. The molecule has 14 heavy (non-hydrogen) atoms. The third-order valence-corrected chi connectivity index (χ3v) is 2.79. The number of rotatable bonds is 2. The van der Waals surface area contributed by atoms with E-state index in [0.717, 1.165) is 15.4 Å². The number of halogens is 1. The Morgan fingerprint density at radius 2 is 2.29 bits per heavy atom. The van der Waals surface area contributed by atoms with Crippen LogP contribution in [0.4, 0.5) is 0 Å². The number of aromatic nitrogens is 1. The molecule has 0 unspecified atom stereocenters. The molecular formula is C10H9BrN2O. The number of nitrogens with two attached hydrogens (primary N) is 1. The molecular weight excluding hydrogens is 244 g/mol. The second-order valence-electron chi connectivity index (χ2n) is 3.01. The number of aromatic amines is 1. The van der Waals surface area contributed by atoms with Crippen LogP contribution in [0.5, 0.6) is 0 Å². The van der Waals surface area contributed by atoms with Gasteiger partial charge < -0.3 is 10.7 Å². The average molecular weight is 253 g/mol. The van der Waals surface area contributed by atoms with E-state index >= 15 is 0 Å². The second kappa shape index (κ2) is 3.55. The van der Waals surface area contributed by atoms with Gasteiger partial charge in [0.2, 0.25) is 0 Å². The van der Waals surface area contributed by atoms with E-state index in [9.17, 15) is 4.79 Å². The van der Waals surface area contributed by atoms with Crippen molar-refractivity contribution in [2.24, 2.45) is 5.73 Å². The van der Waals surface area contributed by atoms with Crippen LogP contribution in [0.1, 0.15) is 10.5 Å². The highest BCUT2D eigenvalue weighted by Gasteiger charge is 2.08. The van der Waals surface area contributed by atoms with Gasteiger partial charge in [0.25, 0.3) is 0 Å². The molecule has 4 heteroatoms. The molecule has 0 saturated carbocycles. The number of ketones is 1. The van der Waals surface area contributed by atoms with E-state index in [1.807, 2.05) is 24.3 Å². The standard InChI is InChI=1S/C10H9BrN2O/c11-7-2-1-3-8-6(7)4-9(13-8)10(14)5-12/h1-4,13H,5,12H2. The Kier molecular flexibility index (Phi) is 2.39. The van der Waals surface area contributed by atoms with Crippen molar-refractivity contribution >= 4 is 32.6 Å². The lowest BCUT2D eigenvalue weighted by Gasteiger charge is -1.90. The zero-order chi connectivity index (χ0) is 10.1. The molecule has 0 aliphatic rings. The Balaban J connectivity index is 2.62. The minimum absolute atomic E-state index is 0.0322.